The van der Waals surface area contributed by atoms with E-state index in [9.17, 15) is 18.4 Å². The Hall–Kier alpha value is -3.67. The third-order valence-electron chi connectivity index (χ3n) is 5.55. The molecule has 34 heavy (non-hydrogen) atoms. The van der Waals surface area contributed by atoms with E-state index in [1.54, 1.807) is 37.0 Å². The standard InChI is InChI=1S/C22H23F2N7O2S/c1-5-30-9-14(11(3)29-30)13-8-15(19(23)24)27-22-16(13)17(18(34-22)20(25)32)28-21(33)12(4)31-10(2)6-7-26-31/h6-9,12,19H,5H2,1-4H3,(H2,25,32)(H,28,33). The number of halogens is 2. The predicted molar refractivity (Wildman–Crippen MR) is 125 cm³/mol. The number of aromatic nitrogens is 5. The van der Waals surface area contributed by atoms with Gasteiger partial charge in [-0.15, -0.1) is 11.3 Å². The summed E-state index contributed by atoms with van der Waals surface area (Å²) in [7, 11) is 0. The summed E-state index contributed by atoms with van der Waals surface area (Å²) in [6.45, 7) is 7.73. The van der Waals surface area contributed by atoms with Crippen molar-refractivity contribution in [3.05, 3.63) is 46.5 Å². The average Bonchev–Trinajstić information content (AvgIpc) is 3.49. The summed E-state index contributed by atoms with van der Waals surface area (Å²) in [5.74, 6) is -1.24. The molecule has 4 aromatic heterocycles. The monoisotopic (exact) mass is 487 g/mol. The molecule has 4 aromatic rings. The highest BCUT2D eigenvalue weighted by molar-refractivity contribution is 7.21. The second-order valence-corrected chi connectivity index (χ2v) is 8.81. The lowest BCUT2D eigenvalue weighted by Gasteiger charge is -2.15. The van der Waals surface area contributed by atoms with Crippen LogP contribution in [-0.2, 0) is 11.3 Å². The Balaban J connectivity index is 1.94. The first-order chi connectivity index (χ1) is 16.1. The first-order valence-electron chi connectivity index (χ1n) is 10.5. The number of nitrogens with one attached hydrogen (secondary N) is 1. The van der Waals surface area contributed by atoms with Crippen LogP contribution in [0.1, 0.15) is 53.1 Å². The molecule has 9 nitrogen and oxygen atoms in total. The van der Waals surface area contributed by atoms with E-state index in [1.165, 1.54) is 10.7 Å². The molecular formula is C22H23F2N7O2S. The van der Waals surface area contributed by atoms with Gasteiger partial charge in [0.15, 0.2) is 0 Å². The number of primary amides is 1. The van der Waals surface area contributed by atoms with Gasteiger partial charge in [-0.05, 0) is 45.4 Å². The number of aryl methyl sites for hydroxylation is 3. The number of amides is 2. The molecule has 0 spiro atoms. The van der Waals surface area contributed by atoms with E-state index in [1.807, 2.05) is 13.8 Å². The second kappa shape index (κ2) is 8.93. The van der Waals surface area contributed by atoms with E-state index >= 15 is 0 Å². The topological polar surface area (TPSA) is 121 Å². The van der Waals surface area contributed by atoms with Crippen molar-refractivity contribution >= 4 is 39.1 Å². The number of nitrogens with two attached hydrogens (primary N) is 1. The van der Waals surface area contributed by atoms with Gasteiger partial charge in [-0.25, -0.2) is 13.8 Å². The number of nitrogens with zero attached hydrogens (tertiary/aromatic N) is 5. The van der Waals surface area contributed by atoms with E-state index in [0.717, 1.165) is 17.0 Å². The fourth-order valence-corrected chi connectivity index (χ4v) is 4.82. The van der Waals surface area contributed by atoms with Crippen molar-refractivity contribution in [1.82, 2.24) is 24.5 Å². The molecule has 178 valence electrons. The van der Waals surface area contributed by atoms with Crippen LogP contribution in [0.2, 0.25) is 0 Å². The molecular weight excluding hydrogens is 464 g/mol. The maximum absolute atomic E-state index is 13.7. The fourth-order valence-electron chi connectivity index (χ4n) is 3.80. The van der Waals surface area contributed by atoms with Crippen LogP contribution < -0.4 is 11.1 Å². The number of pyridine rings is 1. The fraction of sp³-hybridized carbons (Fsp3) is 0.318. The molecule has 4 heterocycles. The van der Waals surface area contributed by atoms with Crippen LogP contribution in [0, 0.1) is 13.8 Å². The van der Waals surface area contributed by atoms with Gasteiger partial charge in [-0.3, -0.25) is 19.0 Å². The SMILES string of the molecule is CCn1cc(-c2cc(C(F)F)nc3sc(C(N)=O)c(NC(=O)C(C)n4nccc4C)c23)c(C)n1. The summed E-state index contributed by atoms with van der Waals surface area (Å²) >= 11 is 0.862. The molecule has 0 aliphatic rings. The lowest BCUT2D eigenvalue weighted by atomic mass is 10.0. The van der Waals surface area contributed by atoms with Crippen molar-refractivity contribution in [1.29, 1.82) is 0 Å². The molecule has 0 radical (unpaired) electrons. The Bertz CT molecular complexity index is 1410. The zero-order valence-electron chi connectivity index (χ0n) is 19.0. The highest BCUT2D eigenvalue weighted by atomic mass is 32.1. The summed E-state index contributed by atoms with van der Waals surface area (Å²) < 4.78 is 30.6. The van der Waals surface area contributed by atoms with Crippen LogP contribution in [0.5, 0.6) is 0 Å². The predicted octanol–water partition coefficient (Wildman–Crippen LogP) is 4.23. The first-order valence-corrected chi connectivity index (χ1v) is 11.3. The summed E-state index contributed by atoms with van der Waals surface area (Å²) in [5.41, 5.74) is 7.67. The Morgan fingerprint density at radius 3 is 2.56 bits per heavy atom. The summed E-state index contributed by atoms with van der Waals surface area (Å²) in [5, 5.41) is 11.7. The van der Waals surface area contributed by atoms with Crippen molar-refractivity contribution in [2.24, 2.45) is 5.73 Å². The molecule has 0 fully saturated rings. The van der Waals surface area contributed by atoms with Crippen LogP contribution in [-0.4, -0.2) is 36.4 Å². The number of anilines is 1. The lowest BCUT2D eigenvalue weighted by Crippen LogP contribution is -2.26. The molecule has 0 saturated heterocycles. The van der Waals surface area contributed by atoms with Gasteiger partial charge in [-0.2, -0.15) is 10.2 Å². The van der Waals surface area contributed by atoms with E-state index in [-0.39, 0.29) is 15.4 Å². The molecule has 12 heteroatoms. The van der Waals surface area contributed by atoms with Crippen LogP contribution in [0.25, 0.3) is 21.3 Å². The molecule has 3 N–H and O–H groups in total. The molecule has 1 atom stereocenters. The van der Waals surface area contributed by atoms with Gasteiger partial charge >= 0.3 is 0 Å². The lowest BCUT2D eigenvalue weighted by molar-refractivity contribution is -0.119. The third-order valence-corrected chi connectivity index (χ3v) is 6.65. The van der Waals surface area contributed by atoms with Gasteiger partial charge in [0.25, 0.3) is 12.3 Å². The number of thiophene rings is 1. The zero-order valence-corrected chi connectivity index (χ0v) is 19.8. The number of hydrogen-bond acceptors (Lipinski definition) is 6. The minimum atomic E-state index is -2.83. The molecule has 0 aliphatic carbocycles. The highest BCUT2D eigenvalue weighted by Gasteiger charge is 2.27. The van der Waals surface area contributed by atoms with Gasteiger partial charge in [-0.1, -0.05) is 0 Å². The van der Waals surface area contributed by atoms with Gasteiger partial charge in [0.05, 0.1) is 11.4 Å². The van der Waals surface area contributed by atoms with Gasteiger partial charge in [0.1, 0.15) is 21.4 Å². The summed E-state index contributed by atoms with van der Waals surface area (Å²) in [6.07, 6.45) is 0.489. The molecule has 0 aliphatic heterocycles. The van der Waals surface area contributed by atoms with Gasteiger partial charge < -0.3 is 11.1 Å². The average molecular weight is 488 g/mol. The van der Waals surface area contributed by atoms with Gasteiger partial charge in [0.2, 0.25) is 5.91 Å². The van der Waals surface area contributed by atoms with Crippen molar-refractivity contribution in [3.8, 4) is 11.1 Å². The zero-order chi connectivity index (χ0) is 24.7. The number of carbonyl (C=O) groups is 2. The first kappa shape index (κ1) is 23.5. The van der Waals surface area contributed by atoms with E-state index in [4.69, 9.17) is 5.73 Å². The highest BCUT2D eigenvalue weighted by Crippen LogP contribution is 2.43. The quantitative estimate of drug-likeness (QED) is 0.404. The maximum atomic E-state index is 13.7. The largest absolute Gasteiger partial charge is 0.365 e. The number of carbonyl (C=O) groups excluding carboxylic acids is 2. The number of alkyl halides is 2. The normalized spacial score (nSPS) is 12.4. The van der Waals surface area contributed by atoms with Crippen molar-refractivity contribution < 1.29 is 18.4 Å². The molecule has 1 unspecified atom stereocenters. The Labute approximate surface area is 197 Å². The molecule has 0 bridgehead atoms. The van der Waals surface area contributed by atoms with Crippen molar-refractivity contribution in [2.45, 2.75) is 46.7 Å². The molecule has 2 amide bonds. The van der Waals surface area contributed by atoms with Gasteiger partial charge in [0, 0.05) is 35.6 Å². The second-order valence-electron chi connectivity index (χ2n) is 7.81. The Morgan fingerprint density at radius 1 is 1.26 bits per heavy atom. The van der Waals surface area contributed by atoms with E-state index in [2.05, 4.69) is 20.5 Å². The molecule has 0 aromatic carbocycles. The minimum absolute atomic E-state index is 0.0217. The Morgan fingerprint density at radius 2 is 2.00 bits per heavy atom. The van der Waals surface area contributed by atoms with Crippen LogP contribution in [0.3, 0.4) is 0 Å². The van der Waals surface area contributed by atoms with Crippen LogP contribution in [0.15, 0.2) is 24.5 Å². The van der Waals surface area contributed by atoms with Crippen molar-refractivity contribution in [3.63, 3.8) is 0 Å². The number of rotatable bonds is 7. The van der Waals surface area contributed by atoms with E-state index in [0.29, 0.717) is 28.8 Å². The number of hydrogen-bond donors (Lipinski definition) is 2. The molecule has 0 saturated carbocycles. The summed E-state index contributed by atoms with van der Waals surface area (Å²) in [6, 6.07) is 2.33. The third kappa shape index (κ3) is 4.04. The minimum Gasteiger partial charge on any atom is -0.365 e. The summed E-state index contributed by atoms with van der Waals surface area (Å²) in [4.78, 5) is 29.7. The van der Waals surface area contributed by atoms with Crippen LogP contribution >= 0.6 is 11.3 Å². The smallest absolute Gasteiger partial charge is 0.280 e. The maximum Gasteiger partial charge on any atom is 0.280 e. The molecule has 4 rings (SSSR count). The van der Waals surface area contributed by atoms with E-state index < -0.39 is 30.0 Å². The van der Waals surface area contributed by atoms with Crippen molar-refractivity contribution in [2.75, 3.05) is 5.32 Å². The number of fused-ring (bicyclic) bond motifs is 1. The Kier molecular flexibility index (Phi) is 6.17. The van der Waals surface area contributed by atoms with Crippen LogP contribution in [0.4, 0.5) is 14.5 Å².